The minimum atomic E-state index is -0.661. The van der Waals surface area contributed by atoms with Crippen molar-refractivity contribution in [3.63, 3.8) is 0 Å². The van der Waals surface area contributed by atoms with Crippen LogP contribution < -0.4 is 5.32 Å². The van der Waals surface area contributed by atoms with E-state index in [0.29, 0.717) is 10.6 Å². The predicted molar refractivity (Wildman–Crippen MR) is 98.9 cm³/mol. The molecule has 0 saturated heterocycles. The standard InChI is InChI=1S/C20H19ClFNO4/c1-13(16-4-2-3-5-17(16)21)23-19(25)12-27-20(26)11-10-18(24)14-6-8-15(22)9-7-14/h2-9,13H,10-12H2,1H3,(H,23,25)/t13-/m1/s1. The maximum atomic E-state index is 12.8. The van der Waals surface area contributed by atoms with Crippen LogP contribution in [0, 0.1) is 5.82 Å². The highest BCUT2D eigenvalue weighted by molar-refractivity contribution is 6.31. The topological polar surface area (TPSA) is 72.5 Å². The summed E-state index contributed by atoms with van der Waals surface area (Å²) < 4.78 is 17.7. The molecule has 0 bridgehead atoms. The minimum Gasteiger partial charge on any atom is -0.456 e. The van der Waals surface area contributed by atoms with Crippen molar-refractivity contribution in [2.45, 2.75) is 25.8 Å². The average Bonchev–Trinajstić information content (AvgIpc) is 2.65. The molecule has 142 valence electrons. The van der Waals surface area contributed by atoms with Gasteiger partial charge in [0.1, 0.15) is 5.82 Å². The average molecular weight is 392 g/mol. The van der Waals surface area contributed by atoms with Crippen LogP contribution in [0.5, 0.6) is 0 Å². The lowest BCUT2D eigenvalue weighted by atomic mass is 10.1. The normalized spacial score (nSPS) is 11.5. The van der Waals surface area contributed by atoms with E-state index in [1.807, 2.05) is 6.07 Å². The number of nitrogens with one attached hydrogen (secondary N) is 1. The van der Waals surface area contributed by atoms with Crippen molar-refractivity contribution >= 4 is 29.3 Å². The van der Waals surface area contributed by atoms with Crippen molar-refractivity contribution in [2.75, 3.05) is 6.61 Å². The molecule has 7 heteroatoms. The van der Waals surface area contributed by atoms with Crippen molar-refractivity contribution < 1.29 is 23.5 Å². The van der Waals surface area contributed by atoms with Gasteiger partial charge in [-0.15, -0.1) is 0 Å². The van der Waals surface area contributed by atoms with Gasteiger partial charge in [-0.05, 0) is 42.8 Å². The zero-order chi connectivity index (χ0) is 19.8. The summed E-state index contributed by atoms with van der Waals surface area (Å²) in [5.41, 5.74) is 1.07. The third-order valence-electron chi connectivity index (χ3n) is 3.84. The van der Waals surface area contributed by atoms with Gasteiger partial charge >= 0.3 is 5.97 Å². The fourth-order valence-electron chi connectivity index (χ4n) is 2.40. The highest BCUT2D eigenvalue weighted by Crippen LogP contribution is 2.21. The monoisotopic (exact) mass is 391 g/mol. The lowest BCUT2D eigenvalue weighted by molar-refractivity contribution is -0.148. The molecule has 1 atom stereocenters. The lowest BCUT2D eigenvalue weighted by Gasteiger charge is -2.15. The lowest BCUT2D eigenvalue weighted by Crippen LogP contribution is -2.31. The van der Waals surface area contributed by atoms with Gasteiger partial charge in [-0.2, -0.15) is 0 Å². The molecule has 2 rings (SSSR count). The van der Waals surface area contributed by atoms with Crippen LogP contribution in [0.4, 0.5) is 4.39 Å². The summed E-state index contributed by atoms with van der Waals surface area (Å²) in [6.07, 6.45) is -0.244. The van der Waals surface area contributed by atoms with Gasteiger partial charge in [0.15, 0.2) is 12.4 Å². The number of ketones is 1. The number of hydrogen-bond acceptors (Lipinski definition) is 4. The summed E-state index contributed by atoms with van der Waals surface area (Å²) >= 11 is 6.07. The molecule has 0 saturated carbocycles. The summed E-state index contributed by atoms with van der Waals surface area (Å²) in [6.45, 7) is 1.32. The number of benzene rings is 2. The molecule has 2 aromatic rings. The van der Waals surface area contributed by atoms with E-state index in [4.69, 9.17) is 16.3 Å². The quantitative estimate of drug-likeness (QED) is 0.547. The predicted octanol–water partition coefficient (Wildman–Crippen LogP) is 3.86. The van der Waals surface area contributed by atoms with Crippen LogP contribution in [-0.4, -0.2) is 24.3 Å². The number of halogens is 2. The van der Waals surface area contributed by atoms with Crippen molar-refractivity contribution in [3.05, 3.63) is 70.5 Å². The molecule has 0 radical (unpaired) electrons. The first kappa shape index (κ1) is 20.6. The van der Waals surface area contributed by atoms with Crippen molar-refractivity contribution in [2.24, 2.45) is 0 Å². The Morgan fingerprint density at radius 1 is 1.07 bits per heavy atom. The fourth-order valence-corrected chi connectivity index (χ4v) is 2.70. The van der Waals surface area contributed by atoms with Gasteiger partial charge < -0.3 is 10.1 Å². The molecule has 1 N–H and O–H groups in total. The van der Waals surface area contributed by atoms with E-state index >= 15 is 0 Å². The number of carbonyl (C=O) groups is 3. The third kappa shape index (κ3) is 6.49. The maximum Gasteiger partial charge on any atom is 0.306 e. The number of amides is 1. The number of rotatable bonds is 8. The second-order valence-corrected chi connectivity index (χ2v) is 6.31. The van der Waals surface area contributed by atoms with Crippen LogP contribution >= 0.6 is 11.6 Å². The number of ether oxygens (including phenoxy) is 1. The zero-order valence-corrected chi connectivity index (χ0v) is 15.5. The van der Waals surface area contributed by atoms with Gasteiger partial charge in [0, 0.05) is 17.0 Å². The SMILES string of the molecule is C[C@@H](NC(=O)COC(=O)CCC(=O)c1ccc(F)cc1)c1ccccc1Cl. The van der Waals surface area contributed by atoms with Crippen molar-refractivity contribution in [1.29, 1.82) is 0 Å². The van der Waals surface area contributed by atoms with Crippen LogP contribution in [-0.2, 0) is 14.3 Å². The van der Waals surface area contributed by atoms with Crippen LogP contribution in [0.25, 0.3) is 0 Å². The van der Waals surface area contributed by atoms with Crippen LogP contribution in [0.2, 0.25) is 5.02 Å². The smallest absolute Gasteiger partial charge is 0.306 e. The molecule has 0 fully saturated rings. The van der Waals surface area contributed by atoms with E-state index in [1.165, 1.54) is 24.3 Å². The van der Waals surface area contributed by atoms with E-state index in [9.17, 15) is 18.8 Å². The minimum absolute atomic E-state index is 0.0812. The van der Waals surface area contributed by atoms with Crippen molar-refractivity contribution in [3.8, 4) is 0 Å². The van der Waals surface area contributed by atoms with Gasteiger partial charge in [0.05, 0.1) is 12.5 Å². The van der Waals surface area contributed by atoms with Crippen LogP contribution in [0.15, 0.2) is 48.5 Å². The highest BCUT2D eigenvalue weighted by Gasteiger charge is 2.15. The molecule has 5 nitrogen and oxygen atoms in total. The van der Waals surface area contributed by atoms with Crippen LogP contribution in [0.1, 0.15) is 41.7 Å². The first-order valence-electron chi connectivity index (χ1n) is 8.35. The van der Waals surface area contributed by atoms with E-state index in [2.05, 4.69) is 5.32 Å². The van der Waals surface area contributed by atoms with E-state index in [1.54, 1.807) is 25.1 Å². The second kappa shape index (κ2) is 9.83. The van der Waals surface area contributed by atoms with Gasteiger partial charge in [0.25, 0.3) is 5.91 Å². The molecule has 0 aliphatic carbocycles. The maximum absolute atomic E-state index is 12.8. The Balaban J connectivity index is 1.73. The molecule has 0 unspecified atom stereocenters. The molecule has 0 aliphatic rings. The molecule has 0 aromatic heterocycles. The van der Waals surface area contributed by atoms with Gasteiger partial charge in [-0.3, -0.25) is 14.4 Å². The Kier molecular flexibility index (Phi) is 7.49. The number of hydrogen-bond donors (Lipinski definition) is 1. The van der Waals surface area contributed by atoms with Gasteiger partial charge in [-0.25, -0.2) is 4.39 Å². The number of esters is 1. The zero-order valence-electron chi connectivity index (χ0n) is 14.7. The molecule has 0 aliphatic heterocycles. The molecule has 1 amide bonds. The van der Waals surface area contributed by atoms with Crippen LogP contribution in [0.3, 0.4) is 0 Å². The Morgan fingerprint density at radius 3 is 2.41 bits per heavy atom. The van der Waals surface area contributed by atoms with E-state index in [-0.39, 0.29) is 24.7 Å². The molecule has 27 heavy (non-hydrogen) atoms. The molecule has 2 aromatic carbocycles. The molecular weight excluding hydrogens is 373 g/mol. The largest absolute Gasteiger partial charge is 0.456 e. The second-order valence-electron chi connectivity index (χ2n) is 5.90. The summed E-state index contributed by atoms with van der Waals surface area (Å²) in [6, 6.07) is 11.8. The number of Topliss-reactive ketones (excluding diaryl/α,β-unsaturated/α-hetero) is 1. The summed E-state index contributed by atoms with van der Waals surface area (Å²) in [5.74, 6) is -1.88. The first-order chi connectivity index (χ1) is 12.9. The van der Waals surface area contributed by atoms with E-state index in [0.717, 1.165) is 5.56 Å². The molecular formula is C20H19ClFNO4. The fraction of sp³-hybridized carbons (Fsp3) is 0.250. The van der Waals surface area contributed by atoms with E-state index < -0.39 is 24.3 Å². The Morgan fingerprint density at radius 2 is 1.74 bits per heavy atom. The summed E-state index contributed by atoms with van der Waals surface area (Å²) in [5, 5.41) is 3.21. The summed E-state index contributed by atoms with van der Waals surface area (Å²) in [7, 11) is 0. The first-order valence-corrected chi connectivity index (χ1v) is 8.73. The van der Waals surface area contributed by atoms with Gasteiger partial charge in [0.2, 0.25) is 0 Å². The Hall–Kier alpha value is -2.73. The van der Waals surface area contributed by atoms with Crippen molar-refractivity contribution in [1.82, 2.24) is 5.32 Å². The molecule has 0 spiro atoms. The Labute approximate surface area is 161 Å². The summed E-state index contributed by atoms with van der Waals surface area (Å²) in [4.78, 5) is 35.5. The highest BCUT2D eigenvalue weighted by atomic mass is 35.5. The third-order valence-corrected chi connectivity index (χ3v) is 4.18. The molecule has 0 heterocycles. The van der Waals surface area contributed by atoms with Gasteiger partial charge in [-0.1, -0.05) is 29.8 Å². The number of carbonyl (C=O) groups excluding carboxylic acids is 3. The Bertz CT molecular complexity index is 823.